The highest BCUT2D eigenvalue weighted by Gasteiger charge is 2.11. The molecule has 0 fully saturated rings. The van der Waals surface area contributed by atoms with E-state index in [0.29, 0.717) is 0 Å². The summed E-state index contributed by atoms with van der Waals surface area (Å²) < 4.78 is 6.02. The Bertz CT molecular complexity index is 892. The highest BCUT2D eigenvalue weighted by Crippen LogP contribution is 2.33. The minimum atomic E-state index is 0. The standard InChI is InChI=1S/C27H36N2OS.ClH.H2O/c1-4-6-18-29(19-7-5-2)20-11-21-30-25-16-14-23(15-17-25)26-22(3)31-27(28-26)24-12-9-8-10-13-24;;/h8-10,12-17H,4-7,11,18-21H2,1-3H3;1H;1H2. The van der Waals surface area contributed by atoms with Crippen LogP contribution in [0.25, 0.3) is 21.8 Å². The van der Waals surface area contributed by atoms with Crippen molar-refractivity contribution in [2.45, 2.75) is 52.9 Å². The number of halogens is 1. The molecule has 6 heteroatoms. The van der Waals surface area contributed by atoms with Gasteiger partial charge in [0.15, 0.2) is 0 Å². The van der Waals surface area contributed by atoms with Gasteiger partial charge in [-0.2, -0.15) is 0 Å². The molecule has 2 aromatic carbocycles. The molecule has 0 bridgehead atoms. The van der Waals surface area contributed by atoms with E-state index >= 15 is 0 Å². The SMILES string of the molecule is CCCCN(CCCC)CCCOc1ccc(-c2nc(-c3ccccc3)sc2C)cc1.Cl.O. The van der Waals surface area contributed by atoms with Crippen LogP contribution in [0.2, 0.25) is 0 Å². The van der Waals surface area contributed by atoms with E-state index in [1.54, 1.807) is 11.3 Å². The first-order chi connectivity index (χ1) is 15.2. The molecular weight excluding hydrogens is 452 g/mol. The van der Waals surface area contributed by atoms with Crippen LogP contribution in [0.3, 0.4) is 0 Å². The topological polar surface area (TPSA) is 56.9 Å². The molecule has 3 aromatic rings. The zero-order valence-corrected chi connectivity index (χ0v) is 21.8. The number of aromatic nitrogens is 1. The number of unbranched alkanes of at least 4 members (excludes halogenated alkanes) is 2. The maximum atomic E-state index is 6.02. The molecule has 0 amide bonds. The Morgan fingerprint density at radius 2 is 1.42 bits per heavy atom. The summed E-state index contributed by atoms with van der Waals surface area (Å²) >= 11 is 1.75. The largest absolute Gasteiger partial charge is 0.494 e. The maximum Gasteiger partial charge on any atom is 0.124 e. The van der Waals surface area contributed by atoms with Crippen molar-refractivity contribution < 1.29 is 10.2 Å². The van der Waals surface area contributed by atoms with Gasteiger partial charge in [0.1, 0.15) is 10.8 Å². The first-order valence-corrected chi connectivity index (χ1v) is 12.5. The summed E-state index contributed by atoms with van der Waals surface area (Å²) in [5.41, 5.74) is 3.39. The average molecular weight is 491 g/mol. The van der Waals surface area contributed by atoms with Gasteiger partial charge in [-0.25, -0.2) is 4.98 Å². The number of benzene rings is 2. The van der Waals surface area contributed by atoms with Gasteiger partial charge in [-0.15, -0.1) is 23.7 Å². The van der Waals surface area contributed by atoms with Crippen molar-refractivity contribution in [3.05, 3.63) is 59.5 Å². The fourth-order valence-corrected chi connectivity index (χ4v) is 4.60. The molecule has 0 aliphatic carbocycles. The third-order valence-corrected chi connectivity index (χ3v) is 6.51. The molecule has 182 valence electrons. The van der Waals surface area contributed by atoms with Gasteiger partial charge >= 0.3 is 0 Å². The van der Waals surface area contributed by atoms with E-state index in [-0.39, 0.29) is 17.9 Å². The van der Waals surface area contributed by atoms with Crippen LogP contribution in [0.1, 0.15) is 50.8 Å². The first kappa shape index (κ1) is 29.1. The zero-order chi connectivity index (χ0) is 21.9. The average Bonchev–Trinajstić information content (AvgIpc) is 3.20. The lowest BCUT2D eigenvalue weighted by atomic mass is 10.1. The molecule has 0 aliphatic heterocycles. The summed E-state index contributed by atoms with van der Waals surface area (Å²) in [6, 6.07) is 18.8. The van der Waals surface area contributed by atoms with Crippen LogP contribution in [0, 0.1) is 6.92 Å². The predicted molar refractivity (Wildman–Crippen MR) is 145 cm³/mol. The van der Waals surface area contributed by atoms with Gasteiger partial charge in [0.25, 0.3) is 0 Å². The second-order valence-electron chi connectivity index (χ2n) is 8.06. The second kappa shape index (κ2) is 15.8. The number of thiazole rings is 1. The Hall–Kier alpha value is -1.92. The van der Waals surface area contributed by atoms with Crippen LogP contribution in [0.5, 0.6) is 5.75 Å². The quantitative estimate of drug-likeness (QED) is 0.241. The summed E-state index contributed by atoms with van der Waals surface area (Å²) in [6.07, 6.45) is 6.16. The lowest BCUT2D eigenvalue weighted by Crippen LogP contribution is -2.28. The Labute approximate surface area is 209 Å². The van der Waals surface area contributed by atoms with Gasteiger partial charge in [0, 0.05) is 22.5 Å². The number of ether oxygens (including phenoxy) is 1. The summed E-state index contributed by atoms with van der Waals surface area (Å²) in [5, 5.41) is 1.07. The Morgan fingerprint density at radius 3 is 2.03 bits per heavy atom. The van der Waals surface area contributed by atoms with Crippen molar-refractivity contribution in [3.8, 4) is 27.6 Å². The van der Waals surface area contributed by atoms with Crippen molar-refractivity contribution in [3.63, 3.8) is 0 Å². The molecular formula is C27H39ClN2O2S. The molecule has 4 nitrogen and oxygen atoms in total. The van der Waals surface area contributed by atoms with E-state index in [1.165, 1.54) is 49.2 Å². The zero-order valence-electron chi connectivity index (χ0n) is 20.2. The van der Waals surface area contributed by atoms with E-state index in [9.17, 15) is 0 Å². The highest BCUT2D eigenvalue weighted by molar-refractivity contribution is 7.15. The second-order valence-corrected chi connectivity index (χ2v) is 9.27. The predicted octanol–water partition coefficient (Wildman–Crippen LogP) is 7.05. The summed E-state index contributed by atoms with van der Waals surface area (Å²) in [7, 11) is 0. The van der Waals surface area contributed by atoms with Gasteiger partial charge in [-0.3, -0.25) is 0 Å². The smallest absolute Gasteiger partial charge is 0.124 e. The third-order valence-electron chi connectivity index (χ3n) is 5.49. The monoisotopic (exact) mass is 490 g/mol. The minimum Gasteiger partial charge on any atom is -0.494 e. The third kappa shape index (κ3) is 9.09. The number of hydrogen-bond acceptors (Lipinski definition) is 4. The lowest BCUT2D eigenvalue weighted by molar-refractivity contribution is 0.229. The van der Waals surface area contributed by atoms with Crippen molar-refractivity contribution in [2.75, 3.05) is 26.2 Å². The molecule has 2 N–H and O–H groups in total. The molecule has 0 saturated carbocycles. The molecule has 1 aromatic heterocycles. The maximum absolute atomic E-state index is 6.02. The van der Waals surface area contributed by atoms with Crippen molar-refractivity contribution in [1.29, 1.82) is 0 Å². The van der Waals surface area contributed by atoms with Gasteiger partial charge in [-0.1, -0.05) is 57.0 Å². The van der Waals surface area contributed by atoms with E-state index in [2.05, 4.69) is 74.2 Å². The molecule has 0 spiro atoms. The molecule has 0 radical (unpaired) electrons. The van der Waals surface area contributed by atoms with E-state index < -0.39 is 0 Å². The summed E-state index contributed by atoms with van der Waals surface area (Å²) in [4.78, 5) is 8.73. The Morgan fingerprint density at radius 1 is 0.818 bits per heavy atom. The molecule has 0 unspecified atom stereocenters. The normalized spacial score (nSPS) is 10.5. The van der Waals surface area contributed by atoms with Gasteiger partial charge in [0.05, 0.1) is 12.3 Å². The van der Waals surface area contributed by atoms with Gasteiger partial charge in [0.2, 0.25) is 0 Å². The van der Waals surface area contributed by atoms with Crippen LogP contribution >= 0.6 is 23.7 Å². The molecule has 0 atom stereocenters. The van der Waals surface area contributed by atoms with Crippen molar-refractivity contribution >= 4 is 23.7 Å². The van der Waals surface area contributed by atoms with Crippen molar-refractivity contribution in [2.24, 2.45) is 0 Å². The number of aryl methyl sites for hydroxylation is 1. The van der Waals surface area contributed by atoms with Crippen LogP contribution < -0.4 is 4.74 Å². The molecule has 0 saturated heterocycles. The summed E-state index contributed by atoms with van der Waals surface area (Å²) in [6.45, 7) is 11.0. The summed E-state index contributed by atoms with van der Waals surface area (Å²) in [5.74, 6) is 0.939. The van der Waals surface area contributed by atoms with Crippen LogP contribution in [0.4, 0.5) is 0 Å². The molecule has 33 heavy (non-hydrogen) atoms. The number of hydrogen-bond donors (Lipinski definition) is 0. The molecule has 3 rings (SSSR count). The van der Waals surface area contributed by atoms with E-state index in [4.69, 9.17) is 9.72 Å². The highest BCUT2D eigenvalue weighted by atomic mass is 35.5. The van der Waals surface area contributed by atoms with E-state index in [1.807, 2.05) is 6.07 Å². The number of nitrogens with zero attached hydrogens (tertiary/aromatic N) is 2. The fraction of sp³-hybridized carbons (Fsp3) is 0.444. The van der Waals surface area contributed by atoms with Crippen LogP contribution in [-0.2, 0) is 0 Å². The van der Waals surface area contributed by atoms with E-state index in [0.717, 1.165) is 41.6 Å². The fourth-order valence-electron chi connectivity index (χ4n) is 3.65. The van der Waals surface area contributed by atoms with Gasteiger partial charge in [-0.05, 0) is 63.5 Å². The number of rotatable bonds is 13. The minimum absolute atomic E-state index is 0. The lowest BCUT2D eigenvalue weighted by Gasteiger charge is -2.21. The van der Waals surface area contributed by atoms with Gasteiger partial charge < -0.3 is 15.1 Å². The van der Waals surface area contributed by atoms with Crippen LogP contribution in [0.15, 0.2) is 54.6 Å². The first-order valence-electron chi connectivity index (χ1n) is 11.7. The Balaban J connectivity index is 0.00000272. The van der Waals surface area contributed by atoms with Crippen molar-refractivity contribution in [1.82, 2.24) is 9.88 Å². The molecule has 1 heterocycles. The molecule has 0 aliphatic rings. The Kier molecular flexibility index (Phi) is 14.0. The van der Waals surface area contributed by atoms with Crippen LogP contribution in [-0.4, -0.2) is 41.6 Å².